The van der Waals surface area contributed by atoms with Crippen LogP contribution in [0.25, 0.3) is 0 Å². The molecule has 2 aromatic carbocycles. The summed E-state index contributed by atoms with van der Waals surface area (Å²) in [5.74, 6) is -0.854. The quantitative estimate of drug-likeness (QED) is 0.810. The first-order chi connectivity index (χ1) is 11.8. The molecule has 132 valence electrons. The molecule has 0 saturated heterocycles. The Hall–Kier alpha value is -2.33. The van der Waals surface area contributed by atoms with Gasteiger partial charge in [-0.1, -0.05) is 35.9 Å². The highest BCUT2D eigenvalue weighted by atomic mass is 35.5. The van der Waals surface area contributed by atoms with Gasteiger partial charge in [0, 0.05) is 0 Å². The van der Waals surface area contributed by atoms with E-state index in [4.69, 9.17) is 16.3 Å². The van der Waals surface area contributed by atoms with E-state index in [2.05, 4.69) is 5.32 Å². The Morgan fingerprint density at radius 2 is 1.72 bits per heavy atom. The van der Waals surface area contributed by atoms with Crippen LogP contribution in [-0.4, -0.2) is 18.5 Å². The van der Waals surface area contributed by atoms with Gasteiger partial charge in [0.1, 0.15) is 0 Å². The molecule has 0 unspecified atom stereocenters. The monoisotopic (exact) mass is 359 g/mol. The fourth-order valence-corrected chi connectivity index (χ4v) is 2.90. The highest BCUT2D eigenvalue weighted by molar-refractivity contribution is 6.34. The molecule has 0 heterocycles. The van der Waals surface area contributed by atoms with Crippen LogP contribution in [0.2, 0.25) is 5.02 Å². The molecule has 4 nitrogen and oxygen atoms in total. The van der Waals surface area contributed by atoms with Crippen LogP contribution in [-0.2, 0) is 20.7 Å². The fourth-order valence-electron chi connectivity index (χ4n) is 2.53. The van der Waals surface area contributed by atoms with Gasteiger partial charge in [-0.05, 0) is 61.6 Å². The zero-order valence-corrected chi connectivity index (χ0v) is 15.7. The first-order valence-electron chi connectivity index (χ1n) is 8.04. The molecule has 0 radical (unpaired) electrons. The molecular formula is C20H22ClNO3. The molecule has 2 aromatic rings. The summed E-state index contributed by atoms with van der Waals surface area (Å²) >= 11 is 6.15. The third-order valence-electron chi connectivity index (χ3n) is 3.98. The third kappa shape index (κ3) is 5.33. The molecule has 5 heteroatoms. The number of benzene rings is 2. The smallest absolute Gasteiger partial charge is 0.310 e. The van der Waals surface area contributed by atoms with Crippen LogP contribution in [0, 0.1) is 27.7 Å². The van der Waals surface area contributed by atoms with Crippen molar-refractivity contribution in [2.75, 3.05) is 11.9 Å². The van der Waals surface area contributed by atoms with Crippen LogP contribution < -0.4 is 5.32 Å². The number of hydrogen-bond acceptors (Lipinski definition) is 3. The zero-order valence-electron chi connectivity index (χ0n) is 14.9. The normalized spacial score (nSPS) is 10.4. The van der Waals surface area contributed by atoms with Crippen molar-refractivity contribution in [3.63, 3.8) is 0 Å². The van der Waals surface area contributed by atoms with Crippen LogP contribution in [0.4, 0.5) is 5.69 Å². The van der Waals surface area contributed by atoms with Crippen molar-refractivity contribution in [3.8, 4) is 0 Å². The average Bonchev–Trinajstić information content (AvgIpc) is 2.52. The van der Waals surface area contributed by atoms with Gasteiger partial charge in [-0.3, -0.25) is 9.59 Å². The summed E-state index contributed by atoms with van der Waals surface area (Å²) in [6.07, 6.45) is 0.138. The Labute approximate surface area is 153 Å². The van der Waals surface area contributed by atoms with E-state index >= 15 is 0 Å². The lowest BCUT2D eigenvalue weighted by molar-refractivity contribution is -0.146. The number of aryl methyl sites for hydroxylation is 4. The number of halogens is 1. The molecular weight excluding hydrogens is 338 g/mol. The predicted octanol–water partition coefficient (Wildman–Crippen LogP) is 4.30. The number of amides is 1. The average molecular weight is 360 g/mol. The molecule has 0 aromatic heterocycles. The number of anilines is 1. The van der Waals surface area contributed by atoms with Crippen LogP contribution in [0.3, 0.4) is 0 Å². The summed E-state index contributed by atoms with van der Waals surface area (Å²) in [6, 6.07) is 9.50. The van der Waals surface area contributed by atoms with Gasteiger partial charge in [-0.2, -0.15) is 0 Å². The molecule has 0 aliphatic heterocycles. The molecule has 0 bridgehead atoms. The summed E-state index contributed by atoms with van der Waals surface area (Å²) in [6.45, 7) is 7.46. The van der Waals surface area contributed by atoms with Crippen molar-refractivity contribution in [1.29, 1.82) is 0 Å². The second kappa shape index (κ2) is 8.17. The molecule has 0 atom stereocenters. The minimum absolute atomic E-state index is 0.138. The highest BCUT2D eigenvalue weighted by Gasteiger charge is 2.12. The Bertz CT molecular complexity index is 792. The second-order valence-electron chi connectivity index (χ2n) is 6.24. The molecule has 0 spiro atoms. The number of esters is 1. The summed E-state index contributed by atoms with van der Waals surface area (Å²) < 4.78 is 5.06. The fraction of sp³-hybridized carbons (Fsp3) is 0.300. The highest BCUT2D eigenvalue weighted by Crippen LogP contribution is 2.27. The van der Waals surface area contributed by atoms with E-state index in [0.29, 0.717) is 10.7 Å². The van der Waals surface area contributed by atoms with Crippen molar-refractivity contribution >= 4 is 29.2 Å². The van der Waals surface area contributed by atoms with E-state index in [1.54, 1.807) is 6.07 Å². The van der Waals surface area contributed by atoms with Crippen molar-refractivity contribution in [1.82, 2.24) is 0 Å². The number of nitrogens with one attached hydrogen (secondary N) is 1. The lowest BCUT2D eigenvalue weighted by atomic mass is 10.0. The summed E-state index contributed by atoms with van der Waals surface area (Å²) in [5, 5.41) is 3.16. The first kappa shape index (κ1) is 19.0. The molecule has 0 saturated carbocycles. The Balaban J connectivity index is 1.89. The van der Waals surface area contributed by atoms with Crippen LogP contribution >= 0.6 is 11.6 Å². The van der Waals surface area contributed by atoms with Gasteiger partial charge < -0.3 is 10.1 Å². The molecule has 1 amide bonds. The van der Waals surface area contributed by atoms with Gasteiger partial charge in [-0.25, -0.2) is 0 Å². The van der Waals surface area contributed by atoms with Gasteiger partial charge >= 0.3 is 5.97 Å². The molecule has 0 fully saturated rings. The maximum atomic E-state index is 12.0. The van der Waals surface area contributed by atoms with Gasteiger partial charge in [0.25, 0.3) is 5.91 Å². The van der Waals surface area contributed by atoms with E-state index in [0.717, 1.165) is 22.3 Å². The van der Waals surface area contributed by atoms with Crippen LogP contribution in [0.5, 0.6) is 0 Å². The molecule has 25 heavy (non-hydrogen) atoms. The van der Waals surface area contributed by atoms with Gasteiger partial charge in [-0.15, -0.1) is 0 Å². The minimum atomic E-state index is -0.440. The van der Waals surface area contributed by atoms with Crippen LogP contribution in [0.1, 0.15) is 27.8 Å². The maximum absolute atomic E-state index is 12.0. The Morgan fingerprint density at radius 1 is 1.00 bits per heavy atom. The largest absolute Gasteiger partial charge is 0.455 e. The Morgan fingerprint density at radius 3 is 2.36 bits per heavy atom. The minimum Gasteiger partial charge on any atom is -0.455 e. The third-order valence-corrected chi connectivity index (χ3v) is 4.28. The number of ether oxygens (including phenoxy) is 1. The lowest BCUT2D eigenvalue weighted by Crippen LogP contribution is -2.22. The van der Waals surface area contributed by atoms with Crippen molar-refractivity contribution < 1.29 is 14.3 Å². The first-order valence-corrected chi connectivity index (χ1v) is 8.42. The SMILES string of the molecule is Cc1cc(C)c(NC(=O)COC(=O)Cc2ccc(C)c(C)c2)c(Cl)c1. The predicted molar refractivity (Wildman–Crippen MR) is 100 cm³/mol. The van der Waals surface area contributed by atoms with E-state index in [1.807, 2.05) is 52.0 Å². The molecule has 0 aliphatic rings. The summed E-state index contributed by atoms with van der Waals surface area (Å²) in [7, 11) is 0. The van der Waals surface area contributed by atoms with Gasteiger partial charge in [0.2, 0.25) is 0 Å². The van der Waals surface area contributed by atoms with E-state index in [1.165, 1.54) is 5.56 Å². The molecule has 1 N–H and O–H groups in total. The Kier molecular flexibility index (Phi) is 6.21. The lowest BCUT2D eigenvalue weighted by Gasteiger charge is -2.12. The maximum Gasteiger partial charge on any atom is 0.310 e. The van der Waals surface area contributed by atoms with E-state index < -0.39 is 11.9 Å². The number of carbonyl (C=O) groups excluding carboxylic acids is 2. The van der Waals surface area contributed by atoms with Gasteiger partial charge in [0.15, 0.2) is 6.61 Å². The standard InChI is InChI=1S/C20H22ClNO3/c1-12-7-15(4)20(17(21)8-12)22-18(23)11-25-19(24)10-16-6-5-13(2)14(3)9-16/h5-9H,10-11H2,1-4H3,(H,22,23). The number of carbonyl (C=O) groups is 2. The van der Waals surface area contributed by atoms with E-state index in [-0.39, 0.29) is 13.0 Å². The topological polar surface area (TPSA) is 55.4 Å². The zero-order chi connectivity index (χ0) is 18.6. The number of hydrogen-bond donors (Lipinski definition) is 1. The van der Waals surface area contributed by atoms with Crippen molar-refractivity contribution in [2.45, 2.75) is 34.1 Å². The second-order valence-corrected chi connectivity index (χ2v) is 6.65. The summed E-state index contributed by atoms with van der Waals surface area (Å²) in [5.41, 5.74) is 5.57. The van der Waals surface area contributed by atoms with Crippen LogP contribution in [0.15, 0.2) is 30.3 Å². The number of rotatable bonds is 5. The van der Waals surface area contributed by atoms with Crippen molar-refractivity contribution in [2.24, 2.45) is 0 Å². The van der Waals surface area contributed by atoms with Gasteiger partial charge in [0.05, 0.1) is 17.1 Å². The summed E-state index contributed by atoms with van der Waals surface area (Å²) in [4.78, 5) is 23.9. The molecule has 2 rings (SSSR count). The van der Waals surface area contributed by atoms with E-state index in [9.17, 15) is 9.59 Å². The van der Waals surface area contributed by atoms with Crippen molar-refractivity contribution in [3.05, 3.63) is 63.2 Å². The molecule has 0 aliphatic carbocycles.